The third-order valence-electron chi connectivity index (χ3n) is 7.29. The number of carbonyl (C=O) groups excluding carboxylic acids is 2. The summed E-state index contributed by atoms with van der Waals surface area (Å²) in [5.74, 6) is -1.80. The zero-order chi connectivity index (χ0) is 22.0. The predicted octanol–water partition coefficient (Wildman–Crippen LogP) is 4.39. The quantitative estimate of drug-likeness (QED) is 0.525. The highest BCUT2D eigenvalue weighted by atomic mass is 16.6. The average molecular weight is 427 g/mol. The standard InChI is InChI=1S/C25H34N2O4/c1-4-25(16-19(23(28)30-5-2)24(29)31-6-3)13-9-14-27-15-12-18-17-10-7-8-11-20(17)26-21(18)22(25)27/h7-8,10-11,19,22,26H,4-6,9,12-16H2,1-3H3. The number of piperidine rings is 1. The lowest BCUT2D eigenvalue weighted by Crippen LogP contribution is -2.51. The van der Waals surface area contributed by atoms with Gasteiger partial charge in [-0.1, -0.05) is 25.1 Å². The number of aromatic amines is 1. The predicted molar refractivity (Wildman–Crippen MR) is 120 cm³/mol. The summed E-state index contributed by atoms with van der Waals surface area (Å²) >= 11 is 0. The van der Waals surface area contributed by atoms with E-state index < -0.39 is 17.9 Å². The molecule has 168 valence electrons. The molecular formula is C25H34N2O4. The molecule has 1 fully saturated rings. The lowest BCUT2D eigenvalue weighted by atomic mass is 9.64. The van der Waals surface area contributed by atoms with Gasteiger partial charge in [-0.15, -0.1) is 0 Å². The molecule has 2 aliphatic heterocycles. The number of hydrogen-bond donors (Lipinski definition) is 1. The van der Waals surface area contributed by atoms with Gasteiger partial charge >= 0.3 is 11.9 Å². The molecule has 1 N–H and O–H groups in total. The fourth-order valence-corrected chi connectivity index (χ4v) is 5.88. The molecule has 0 saturated carbocycles. The van der Waals surface area contributed by atoms with E-state index >= 15 is 0 Å². The molecular weight excluding hydrogens is 392 g/mol. The minimum absolute atomic E-state index is 0.161. The molecule has 3 heterocycles. The largest absolute Gasteiger partial charge is 0.465 e. The summed E-state index contributed by atoms with van der Waals surface area (Å²) < 4.78 is 10.6. The maximum atomic E-state index is 12.8. The molecule has 4 rings (SSSR count). The molecule has 1 aromatic heterocycles. The number of H-pyrrole nitrogens is 1. The van der Waals surface area contributed by atoms with Crippen LogP contribution in [0.5, 0.6) is 0 Å². The number of carbonyl (C=O) groups is 2. The minimum Gasteiger partial charge on any atom is -0.465 e. The SMILES string of the molecule is CCOC(=O)C(CC1(CC)CCCN2CCc3c([nH]c4ccccc34)C21)C(=O)OCC. The maximum Gasteiger partial charge on any atom is 0.320 e. The van der Waals surface area contributed by atoms with Crippen LogP contribution in [0, 0.1) is 11.3 Å². The second-order valence-electron chi connectivity index (χ2n) is 8.83. The van der Waals surface area contributed by atoms with Crippen LogP contribution in [0.4, 0.5) is 0 Å². The highest BCUT2D eigenvalue weighted by Crippen LogP contribution is 2.54. The van der Waals surface area contributed by atoms with Crippen LogP contribution < -0.4 is 0 Å². The van der Waals surface area contributed by atoms with Gasteiger partial charge in [0.25, 0.3) is 0 Å². The monoisotopic (exact) mass is 426 g/mol. The Balaban J connectivity index is 1.76. The van der Waals surface area contributed by atoms with Crippen molar-refractivity contribution in [2.75, 3.05) is 26.3 Å². The first-order valence-electron chi connectivity index (χ1n) is 11.7. The Labute approximate surface area is 184 Å². The fraction of sp³-hybridized carbons (Fsp3) is 0.600. The number of nitrogens with zero attached hydrogens (tertiary/aromatic N) is 1. The summed E-state index contributed by atoms with van der Waals surface area (Å²) in [5.41, 5.74) is 3.62. The van der Waals surface area contributed by atoms with Crippen molar-refractivity contribution in [1.82, 2.24) is 9.88 Å². The van der Waals surface area contributed by atoms with Gasteiger partial charge in [0.05, 0.1) is 19.3 Å². The van der Waals surface area contributed by atoms with Crippen LogP contribution in [0.3, 0.4) is 0 Å². The van der Waals surface area contributed by atoms with Crippen LogP contribution in [0.15, 0.2) is 24.3 Å². The molecule has 1 saturated heterocycles. The summed E-state index contributed by atoms with van der Waals surface area (Å²) in [6, 6.07) is 8.64. The van der Waals surface area contributed by atoms with Gasteiger partial charge in [-0.2, -0.15) is 0 Å². The van der Waals surface area contributed by atoms with E-state index in [4.69, 9.17) is 9.47 Å². The van der Waals surface area contributed by atoms with Crippen molar-refractivity contribution < 1.29 is 19.1 Å². The normalized spacial score (nSPS) is 23.4. The molecule has 6 heteroatoms. The van der Waals surface area contributed by atoms with Crippen LogP contribution in [-0.4, -0.2) is 48.1 Å². The van der Waals surface area contributed by atoms with Crippen LogP contribution >= 0.6 is 0 Å². The van der Waals surface area contributed by atoms with Gasteiger partial charge in [0.2, 0.25) is 0 Å². The molecule has 0 bridgehead atoms. The van der Waals surface area contributed by atoms with Gasteiger partial charge < -0.3 is 14.5 Å². The van der Waals surface area contributed by atoms with E-state index in [-0.39, 0.29) is 24.7 Å². The van der Waals surface area contributed by atoms with Gasteiger partial charge in [0.1, 0.15) is 0 Å². The molecule has 2 aromatic rings. The number of esters is 2. The Bertz CT molecular complexity index is 934. The molecule has 0 aliphatic carbocycles. The first kappa shape index (κ1) is 21.9. The second kappa shape index (κ2) is 9.03. The van der Waals surface area contributed by atoms with E-state index in [1.54, 1.807) is 13.8 Å². The van der Waals surface area contributed by atoms with Crippen LogP contribution in [0.25, 0.3) is 10.9 Å². The van der Waals surface area contributed by atoms with Gasteiger partial charge in [0, 0.05) is 23.1 Å². The fourth-order valence-electron chi connectivity index (χ4n) is 5.88. The number of nitrogens with one attached hydrogen (secondary N) is 1. The Morgan fingerprint density at radius 3 is 2.52 bits per heavy atom. The van der Waals surface area contributed by atoms with E-state index in [0.29, 0.717) is 6.42 Å². The topological polar surface area (TPSA) is 71.6 Å². The first-order chi connectivity index (χ1) is 15.0. The highest BCUT2D eigenvalue weighted by Gasteiger charge is 2.50. The lowest BCUT2D eigenvalue weighted by molar-refractivity contribution is -0.165. The Morgan fingerprint density at radius 2 is 1.84 bits per heavy atom. The van der Waals surface area contributed by atoms with Crippen LogP contribution in [-0.2, 0) is 25.5 Å². The summed E-state index contributed by atoms with van der Waals surface area (Å²) in [7, 11) is 0. The van der Waals surface area contributed by atoms with Crippen molar-refractivity contribution in [3.8, 4) is 0 Å². The van der Waals surface area contributed by atoms with Crippen molar-refractivity contribution in [3.05, 3.63) is 35.5 Å². The van der Waals surface area contributed by atoms with Crippen LogP contribution in [0.2, 0.25) is 0 Å². The maximum absolute atomic E-state index is 12.8. The number of para-hydroxylation sites is 1. The number of ether oxygens (including phenoxy) is 2. The summed E-state index contributed by atoms with van der Waals surface area (Å²) in [6.45, 7) is 8.31. The number of benzene rings is 1. The van der Waals surface area contributed by atoms with Gasteiger partial charge in [0.15, 0.2) is 5.92 Å². The van der Waals surface area contributed by atoms with Gasteiger partial charge in [-0.3, -0.25) is 14.5 Å². The first-order valence-corrected chi connectivity index (χ1v) is 11.7. The summed E-state index contributed by atoms with van der Waals surface area (Å²) in [6.07, 6.45) is 4.41. The molecule has 0 spiro atoms. The van der Waals surface area contributed by atoms with Gasteiger partial charge in [-0.25, -0.2) is 0 Å². The number of hydrogen-bond acceptors (Lipinski definition) is 5. The molecule has 2 aliphatic rings. The third-order valence-corrected chi connectivity index (χ3v) is 7.29. The van der Waals surface area contributed by atoms with E-state index in [9.17, 15) is 9.59 Å². The lowest BCUT2D eigenvalue weighted by Gasteiger charge is -2.52. The van der Waals surface area contributed by atoms with E-state index in [1.807, 2.05) is 0 Å². The van der Waals surface area contributed by atoms with Crippen molar-refractivity contribution in [2.45, 2.75) is 58.9 Å². The smallest absolute Gasteiger partial charge is 0.320 e. The number of fused-ring (bicyclic) bond motifs is 5. The molecule has 0 radical (unpaired) electrons. The molecule has 2 atom stereocenters. The van der Waals surface area contributed by atoms with Crippen LogP contribution in [0.1, 0.15) is 63.8 Å². The number of aromatic nitrogens is 1. The van der Waals surface area contributed by atoms with Crippen molar-refractivity contribution in [2.24, 2.45) is 11.3 Å². The summed E-state index contributed by atoms with van der Waals surface area (Å²) in [4.78, 5) is 31.9. The summed E-state index contributed by atoms with van der Waals surface area (Å²) in [5, 5.41) is 1.29. The molecule has 2 unspecified atom stereocenters. The zero-order valence-electron chi connectivity index (χ0n) is 18.9. The van der Waals surface area contributed by atoms with Crippen molar-refractivity contribution in [1.29, 1.82) is 0 Å². The highest BCUT2D eigenvalue weighted by molar-refractivity contribution is 5.95. The average Bonchev–Trinajstić information content (AvgIpc) is 3.16. The third kappa shape index (κ3) is 3.86. The minimum atomic E-state index is -0.880. The molecule has 0 amide bonds. The van der Waals surface area contributed by atoms with Crippen molar-refractivity contribution >= 4 is 22.8 Å². The number of rotatable bonds is 7. The zero-order valence-corrected chi connectivity index (χ0v) is 18.9. The van der Waals surface area contributed by atoms with E-state index in [0.717, 1.165) is 44.3 Å². The Morgan fingerprint density at radius 1 is 1.13 bits per heavy atom. The Kier molecular flexibility index (Phi) is 6.37. The van der Waals surface area contributed by atoms with Crippen molar-refractivity contribution in [3.63, 3.8) is 0 Å². The van der Waals surface area contributed by atoms with Gasteiger partial charge in [-0.05, 0) is 69.5 Å². The molecule has 31 heavy (non-hydrogen) atoms. The molecule has 6 nitrogen and oxygen atoms in total. The van der Waals surface area contributed by atoms with E-state index in [2.05, 4.69) is 41.1 Å². The van der Waals surface area contributed by atoms with E-state index in [1.165, 1.54) is 16.6 Å². The Hall–Kier alpha value is -2.34. The molecule has 1 aromatic carbocycles. The second-order valence-corrected chi connectivity index (χ2v) is 8.83.